The van der Waals surface area contributed by atoms with Crippen LogP contribution in [-0.2, 0) is 0 Å². The van der Waals surface area contributed by atoms with Crippen LogP contribution in [0.25, 0.3) is 0 Å². The average molecular weight is 282 g/mol. The van der Waals surface area contributed by atoms with E-state index in [-0.39, 0.29) is 12.4 Å². The Balaban J connectivity index is 1.82. The third-order valence-electron chi connectivity index (χ3n) is 3.46. The molecule has 3 nitrogen and oxygen atoms in total. The largest absolute Gasteiger partial charge is 0.396 e. The maximum Gasteiger partial charge on any atom is 0.164 e. The van der Waals surface area contributed by atoms with E-state index in [4.69, 9.17) is 16.7 Å². The first-order valence-electron chi connectivity index (χ1n) is 6.84. The van der Waals surface area contributed by atoms with Gasteiger partial charge >= 0.3 is 0 Å². The van der Waals surface area contributed by atoms with Gasteiger partial charge < -0.3 is 5.11 Å². The first-order chi connectivity index (χ1) is 9.20. The van der Waals surface area contributed by atoms with Crippen LogP contribution in [0.3, 0.4) is 0 Å². The molecule has 0 aromatic heterocycles. The Labute approximate surface area is 119 Å². The van der Waals surface area contributed by atoms with E-state index < -0.39 is 0 Å². The van der Waals surface area contributed by atoms with Crippen molar-refractivity contribution in [2.45, 2.75) is 31.7 Å². The number of benzene rings is 1. The lowest BCUT2D eigenvalue weighted by atomic mass is 10.1. The summed E-state index contributed by atoms with van der Waals surface area (Å²) in [7, 11) is 0. The summed E-state index contributed by atoms with van der Waals surface area (Å²) < 4.78 is 0. The summed E-state index contributed by atoms with van der Waals surface area (Å²) in [5.74, 6) is 0.159. The van der Waals surface area contributed by atoms with Crippen molar-refractivity contribution in [3.8, 4) is 0 Å². The van der Waals surface area contributed by atoms with Gasteiger partial charge in [0, 0.05) is 42.7 Å². The zero-order valence-corrected chi connectivity index (χ0v) is 11.8. The van der Waals surface area contributed by atoms with Crippen molar-refractivity contribution in [2.75, 3.05) is 19.7 Å². The second-order valence-electron chi connectivity index (χ2n) is 5.02. The van der Waals surface area contributed by atoms with E-state index in [1.54, 1.807) is 24.3 Å². The first-order valence-corrected chi connectivity index (χ1v) is 7.22. The van der Waals surface area contributed by atoms with E-state index in [0.29, 0.717) is 17.5 Å². The molecule has 1 aliphatic rings. The maximum absolute atomic E-state index is 12.1. The van der Waals surface area contributed by atoms with Crippen molar-refractivity contribution >= 4 is 17.4 Å². The van der Waals surface area contributed by atoms with Crippen LogP contribution >= 0.6 is 11.6 Å². The van der Waals surface area contributed by atoms with Crippen LogP contribution in [0.2, 0.25) is 5.02 Å². The van der Waals surface area contributed by atoms with Crippen molar-refractivity contribution in [2.24, 2.45) is 0 Å². The molecule has 2 rings (SSSR count). The molecule has 0 heterocycles. The first kappa shape index (κ1) is 14.5. The van der Waals surface area contributed by atoms with Crippen molar-refractivity contribution in [1.29, 1.82) is 0 Å². The number of halogens is 1. The second-order valence-corrected chi connectivity index (χ2v) is 5.46. The van der Waals surface area contributed by atoms with Crippen LogP contribution in [0.15, 0.2) is 24.3 Å². The fourth-order valence-corrected chi connectivity index (χ4v) is 2.34. The Morgan fingerprint density at radius 1 is 1.26 bits per heavy atom. The van der Waals surface area contributed by atoms with Crippen molar-refractivity contribution < 1.29 is 9.90 Å². The molecular weight excluding hydrogens is 262 g/mol. The minimum atomic E-state index is 0.159. The molecule has 1 aromatic carbocycles. The van der Waals surface area contributed by atoms with E-state index in [0.717, 1.165) is 25.1 Å². The number of hydrogen-bond donors (Lipinski definition) is 1. The van der Waals surface area contributed by atoms with Gasteiger partial charge in [-0.25, -0.2) is 0 Å². The molecule has 1 fully saturated rings. The number of ketones is 1. The third-order valence-corrected chi connectivity index (χ3v) is 3.71. The lowest BCUT2D eigenvalue weighted by molar-refractivity contribution is 0.0960. The molecule has 1 aliphatic carbocycles. The Morgan fingerprint density at radius 3 is 2.53 bits per heavy atom. The molecule has 19 heavy (non-hydrogen) atoms. The predicted molar refractivity (Wildman–Crippen MR) is 76.7 cm³/mol. The normalized spacial score (nSPS) is 14.9. The maximum atomic E-state index is 12.1. The van der Waals surface area contributed by atoms with Crippen molar-refractivity contribution in [1.82, 2.24) is 4.90 Å². The SMILES string of the molecule is O=C(CCN(CCCO)C1CC1)c1ccc(Cl)cc1. The standard InChI is InChI=1S/C15H20ClNO2/c16-13-4-2-12(3-5-13)15(19)8-10-17(9-1-11-18)14-6-7-14/h2-5,14,18H,1,6-11H2. The summed E-state index contributed by atoms with van der Waals surface area (Å²) in [6.07, 6.45) is 3.76. The number of carbonyl (C=O) groups excluding carboxylic acids is 1. The number of aliphatic hydroxyl groups is 1. The average Bonchev–Trinajstić information content (AvgIpc) is 3.24. The molecule has 0 aliphatic heterocycles. The summed E-state index contributed by atoms with van der Waals surface area (Å²) >= 11 is 5.81. The van der Waals surface area contributed by atoms with Gasteiger partial charge in [0.1, 0.15) is 0 Å². The summed E-state index contributed by atoms with van der Waals surface area (Å²) in [5.41, 5.74) is 0.724. The highest BCUT2D eigenvalue weighted by Crippen LogP contribution is 2.27. The lowest BCUT2D eigenvalue weighted by Crippen LogP contribution is -2.30. The number of hydrogen-bond acceptors (Lipinski definition) is 3. The minimum Gasteiger partial charge on any atom is -0.396 e. The molecule has 0 amide bonds. The number of nitrogens with zero attached hydrogens (tertiary/aromatic N) is 1. The molecule has 0 atom stereocenters. The van der Waals surface area contributed by atoms with Crippen LogP contribution in [0.1, 0.15) is 36.0 Å². The molecule has 0 bridgehead atoms. The van der Waals surface area contributed by atoms with Crippen molar-refractivity contribution in [3.05, 3.63) is 34.9 Å². The van der Waals surface area contributed by atoms with Gasteiger partial charge in [0.15, 0.2) is 5.78 Å². The van der Waals surface area contributed by atoms with E-state index in [1.807, 2.05) is 0 Å². The number of carbonyl (C=O) groups is 1. The Bertz CT molecular complexity index is 415. The van der Waals surface area contributed by atoms with Gasteiger partial charge in [0.25, 0.3) is 0 Å². The quantitative estimate of drug-likeness (QED) is 0.745. The smallest absolute Gasteiger partial charge is 0.164 e. The van der Waals surface area contributed by atoms with Gasteiger partial charge in [-0.05, 0) is 43.5 Å². The Kier molecular flexibility index (Phi) is 5.37. The van der Waals surface area contributed by atoms with E-state index >= 15 is 0 Å². The summed E-state index contributed by atoms with van der Waals surface area (Å²) in [6.45, 7) is 1.88. The molecule has 0 spiro atoms. The second kappa shape index (κ2) is 7.04. The van der Waals surface area contributed by atoms with E-state index in [1.165, 1.54) is 12.8 Å². The molecule has 1 saturated carbocycles. The number of rotatable bonds is 8. The fraction of sp³-hybridized carbons (Fsp3) is 0.533. The zero-order valence-electron chi connectivity index (χ0n) is 11.0. The number of Topliss-reactive ketones (excluding diaryl/α,β-unsaturated/α-hetero) is 1. The number of aliphatic hydroxyl groups excluding tert-OH is 1. The molecule has 0 radical (unpaired) electrons. The monoisotopic (exact) mass is 281 g/mol. The molecule has 0 unspecified atom stereocenters. The van der Waals surface area contributed by atoms with E-state index in [9.17, 15) is 4.79 Å². The van der Waals surface area contributed by atoms with Gasteiger partial charge in [-0.15, -0.1) is 0 Å². The molecule has 1 aromatic rings. The molecule has 4 heteroatoms. The highest BCUT2D eigenvalue weighted by Gasteiger charge is 2.28. The Hall–Kier alpha value is -0.900. The van der Waals surface area contributed by atoms with Crippen LogP contribution in [0, 0.1) is 0 Å². The summed E-state index contributed by atoms with van der Waals surface area (Å²) in [6, 6.07) is 7.68. The van der Waals surface area contributed by atoms with Crippen LogP contribution < -0.4 is 0 Å². The molecular formula is C15H20ClNO2. The van der Waals surface area contributed by atoms with Crippen LogP contribution in [-0.4, -0.2) is 41.5 Å². The highest BCUT2D eigenvalue weighted by atomic mass is 35.5. The zero-order chi connectivity index (χ0) is 13.7. The molecule has 104 valence electrons. The van der Waals surface area contributed by atoms with E-state index in [2.05, 4.69) is 4.90 Å². The predicted octanol–water partition coefficient (Wildman–Crippen LogP) is 2.76. The van der Waals surface area contributed by atoms with Gasteiger partial charge in [-0.2, -0.15) is 0 Å². The van der Waals surface area contributed by atoms with Crippen LogP contribution in [0.5, 0.6) is 0 Å². The third kappa shape index (κ3) is 4.60. The van der Waals surface area contributed by atoms with Gasteiger partial charge in [0.05, 0.1) is 0 Å². The van der Waals surface area contributed by atoms with Crippen molar-refractivity contribution in [3.63, 3.8) is 0 Å². The van der Waals surface area contributed by atoms with Gasteiger partial charge in [-0.1, -0.05) is 11.6 Å². The highest BCUT2D eigenvalue weighted by molar-refractivity contribution is 6.30. The Morgan fingerprint density at radius 2 is 1.95 bits per heavy atom. The minimum absolute atomic E-state index is 0.159. The fourth-order valence-electron chi connectivity index (χ4n) is 2.22. The molecule has 0 saturated heterocycles. The lowest BCUT2D eigenvalue weighted by Gasteiger charge is -2.21. The summed E-state index contributed by atoms with van der Waals surface area (Å²) in [4.78, 5) is 14.4. The summed E-state index contributed by atoms with van der Waals surface area (Å²) in [5, 5.41) is 9.54. The van der Waals surface area contributed by atoms with Gasteiger partial charge in [-0.3, -0.25) is 9.69 Å². The van der Waals surface area contributed by atoms with Gasteiger partial charge in [0.2, 0.25) is 0 Å². The van der Waals surface area contributed by atoms with Crippen LogP contribution in [0.4, 0.5) is 0 Å². The topological polar surface area (TPSA) is 40.5 Å². The molecule has 1 N–H and O–H groups in total.